The zero-order valence-electron chi connectivity index (χ0n) is 10.9. The van der Waals surface area contributed by atoms with Gasteiger partial charge in [0.15, 0.2) is 0 Å². The van der Waals surface area contributed by atoms with Crippen molar-refractivity contribution in [2.24, 2.45) is 0 Å². The number of hydrogen-bond acceptors (Lipinski definition) is 4. The van der Waals surface area contributed by atoms with Gasteiger partial charge in [0.25, 0.3) is 0 Å². The van der Waals surface area contributed by atoms with Gasteiger partial charge in [-0.05, 0) is 44.1 Å². The van der Waals surface area contributed by atoms with Crippen molar-refractivity contribution in [3.63, 3.8) is 0 Å². The molecule has 0 aliphatic carbocycles. The second-order valence-corrected chi connectivity index (χ2v) is 4.83. The molecular formula is C14H17N3O2. The van der Waals surface area contributed by atoms with E-state index in [-0.39, 0.29) is 5.97 Å². The van der Waals surface area contributed by atoms with Crippen LogP contribution >= 0.6 is 0 Å². The summed E-state index contributed by atoms with van der Waals surface area (Å²) in [5.74, 6) is -0.321. The third kappa shape index (κ3) is 2.21. The molecule has 5 heteroatoms. The Morgan fingerprint density at radius 2 is 2.21 bits per heavy atom. The monoisotopic (exact) mass is 259 g/mol. The highest BCUT2D eigenvalue weighted by molar-refractivity contribution is 5.93. The molecule has 1 saturated heterocycles. The minimum Gasteiger partial charge on any atom is -0.465 e. The van der Waals surface area contributed by atoms with Crippen LogP contribution in [0, 0.1) is 0 Å². The van der Waals surface area contributed by atoms with E-state index in [9.17, 15) is 4.79 Å². The van der Waals surface area contributed by atoms with Gasteiger partial charge < -0.3 is 14.6 Å². The number of imidazole rings is 1. The molecule has 1 aromatic heterocycles. The van der Waals surface area contributed by atoms with Crippen molar-refractivity contribution in [3.8, 4) is 0 Å². The summed E-state index contributed by atoms with van der Waals surface area (Å²) in [7, 11) is 1.39. The lowest BCUT2D eigenvalue weighted by atomic mass is 10.1. The van der Waals surface area contributed by atoms with E-state index >= 15 is 0 Å². The summed E-state index contributed by atoms with van der Waals surface area (Å²) < 4.78 is 6.95. The SMILES string of the molecule is COC(=O)c1ccc2c(c1)ncn2C1CCNCC1. The highest BCUT2D eigenvalue weighted by Gasteiger charge is 2.17. The highest BCUT2D eigenvalue weighted by atomic mass is 16.5. The lowest BCUT2D eigenvalue weighted by Crippen LogP contribution is -2.29. The molecule has 2 heterocycles. The van der Waals surface area contributed by atoms with E-state index in [0.29, 0.717) is 11.6 Å². The predicted molar refractivity (Wildman–Crippen MR) is 72.2 cm³/mol. The zero-order chi connectivity index (χ0) is 13.2. The van der Waals surface area contributed by atoms with Crippen molar-refractivity contribution in [3.05, 3.63) is 30.1 Å². The Bertz CT molecular complexity index is 600. The maximum absolute atomic E-state index is 11.5. The van der Waals surface area contributed by atoms with Crippen molar-refractivity contribution < 1.29 is 9.53 Å². The first-order valence-corrected chi connectivity index (χ1v) is 6.55. The van der Waals surface area contributed by atoms with Gasteiger partial charge in [0, 0.05) is 6.04 Å². The fraction of sp³-hybridized carbons (Fsp3) is 0.429. The fourth-order valence-electron chi connectivity index (χ4n) is 2.65. The summed E-state index contributed by atoms with van der Waals surface area (Å²) >= 11 is 0. The van der Waals surface area contributed by atoms with Crippen molar-refractivity contribution in [2.45, 2.75) is 18.9 Å². The Morgan fingerprint density at radius 1 is 1.42 bits per heavy atom. The molecule has 0 amide bonds. The molecule has 19 heavy (non-hydrogen) atoms. The summed E-state index contributed by atoms with van der Waals surface area (Å²) in [6, 6.07) is 6.04. The summed E-state index contributed by atoms with van der Waals surface area (Å²) in [6.45, 7) is 2.09. The molecule has 5 nitrogen and oxygen atoms in total. The Balaban J connectivity index is 1.97. The van der Waals surface area contributed by atoms with Crippen molar-refractivity contribution in [1.82, 2.24) is 14.9 Å². The minimum absolute atomic E-state index is 0.321. The molecule has 0 saturated carbocycles. The zero-order valence-corrected chi connectivity index (χ0v) is 10.9. The summed E-state index contributed by atoms with van der Waals surface area (Å²) in [5, 5.41) is 3.36. The Hall–Kier alpha value is -1.88. The molecule has 0 unspecified atom stereocenters. The maximum atomic E-state index is 11.5. The van der Waals surface area contributed by atoms with E-state index in [2.05, 4.69) is 14.9 Å². The van der Waals surface area contributed by atoms with Gasteiger partial charge in [-0.25, -0.2) is 9.78 Å². The third-order valence-corrected chi connectivity index (χ3v) is 3.70. The van der Waals surface area contributed by atoms with E-state index in [4.69, 9.17) is 4.74 Å². The van der Waals surface area contributed by atoms with Crippen LogP contribution in [0.1, 0.15) is 29.2 Å². The molecule has 0 radical (unpaired) electrons. The van der Waals surface area contributed by atoms with Crippen LogP contribution in [0.3, 0.4) is 0 Å². The topological polar surface area (TPSA) is 56.1 Å². The Labute approximate surface area is 111 Å². The molecule has 1 aliphatic heterocycles. The molecule has 2 aromatic rings. The minimum atomic E-state index is -0.321. The number of benzene rings is 1. The molecule has 1 fully saturated rings. The number of aromatic nitrogens is 2. The van der Waals surface area contributed by atoms with Crippen LogP contribution in [0.2, 0.25) is 0 Å². The average molecular weight is 259 g/mol. The van der Waals surface area contributed by atoms with Crippen LogP contribution in [0.4, 0.5) is 0 Å². The number of carbonyl (C=O) groups excluding carboxylic acids is 1. The lowest BCUT2D eigenvalue weighted by Gasteiger charge is -2.24. The number of carbonyl (C=O) groups is 1. The summed E-state index contributed by atoms with van der Waals surface area (Å²) in [6.07, 6.45) is 4.11. The second-order valence-electron chi connectivity index (χ2n) is 4.83. The number of esters is 1. The number of methoxy groups -OCH3 is 1. The molecule has 0 atom stereocenters. The van der Waals surface area contributed by atoms with Crippen molar-refractivity contribution in [2.75, 3.05) is 20.2 Å². The van der Waals surface area contributed by atoms with Crippen LogP contribution in [-0.4, -0.2) is 35.7 Å². The van der Waals surface area contributed by atoms with Crippen molar-refractivity contribution >= 4 is 17.0 Å². The molecule has 3 rings (SSSR count). The molecule has 0 spiro atoms. The number of ether oxygens (including phenoxy) is 1. The van der Waals surface area contributed by atoms with Gasteiger partial charge in [0.05, 0.1) is 30.0 Å². The van der Waals surface area contributed by atoms with Crippen LogP contribution < -0.4 is 5.32 Å². The van der Waals surface area contributed by atoms with Crippen LogP contribution in [0.25, 0.3) is 11.0 Å². The van der Waals surface area contributed by atoms with Gasteiger partial charge >= 0.3 is 5.97 Å². The van der Waals surface area contributed by atoms with E-state index in [0.717, 1.165) is 37.0 Å². The first-order chi connectivity index (χ1) is 9.29. The first-order valence-electron chi connectivity index (χ1n) is 6.55. The summed E-state index contributed by atoms with van der Waals surface area (Å²) in [4.78, 5) is 15.9. The van der Waals surface area contributed by atoms with E-state index < -0.39 is 0 Å². The Morgan fingerprint density at radius 3 is 2.95 bits per heavy atom. The van der Waals surface area contributed by atoms with Gasteiger partial charge in [-0.15, -0.1) is 0 Å². The molecular weight excluding hydrogens is 242 g/mol. The fourth-order valence-corrected chi connectivity index (χ4v) is 2.65. The highest BCUT2D eigenvalue weighted by Crippen LogP contribution is 2.24. The smallest absolute Gasteiger partial charge is 0.337 e. The van der Waals surface area contributed by atoms with E-state index in [1.165, 1.54) is 7.11 Å². The summed E-state index contributed by atoms with van der Waals surface area (Å²) in [5.41, 5.74) is 2.48. The number of rotatable bonds is 2. The van der Waals surface area contributed by atoms with Gasteiger partial charge in [0.2, 0.25) is 0 Å². The van der Waals surface area contributed by atoms with Gasteiger partial charge in [-0.3, -0.25) is 0 Å². The number of piperidine rings is 1. The van der Waals surface area contributed by atoms with Crippen LogP contribution in [0.5, 0.6) is 0 Å². The standard InChI is InChI=1S/C14H17N3O2/c1-19-14(18)10-2-3-13-12(8-10)16-9-17(13)11-4-6-15-7-5-11/h2-3,8-9,11,15H,4-7H2,1H3. The predicted octanol–water partition coefficient (Wildman–Crippen LogP) is 1.75. The van der Waals surface area contributed by atoms with E-state index in [1.807, 2.05) is 12.4 Å². The maximum Gasteiger partial charge on any atom is 0.337 e. The van der Waals surface area contributed by atoms with Crippen LogP contribution in [-0.2, 0) is 4.74 Å². The molecule has 0 bridgehead atoms. The average Bonchev–Trinajstić information content (AvgIpc) is 2.90. The Kier molecular flexibility index (Phi) is 3.21. The molecule has 1 aromatic carbocycles. The number of hydrogen-bond donors (Lipinski definition) is 1. The number of fused-ring (bicyclic) bond motifs is 1. The molecule has 100 valence electrons. The normalized spacial score (nSPS) is 16.7. The molecule has 1 aliphatic rings. The number of nitrogens with one attached hydrogen (secondary N) is 1. The van der Waals surface area contributed by atoms with Gasteiger partial charge in [0.1, 0.15) is 0 Å². The lowest BCUT2D eigenvalue weighted by molar-refractivity contribution is 0.0601. The quantitative estimate of drug-likeness (QED) is 0.835. The van der Waals surface area contributed by atoms with Crippen LogP contribution in [0.15, 0.2) is 24.5 Å². The first kappa shape index (κ1) is 12.2. The second kappa shape index (κ2) is 5.01. The molecule has 1 N–H and O–H groups in total. The van der Waals surface area contributed by atoms with Gasteiger partial charge in [-0.1, -0.05) is 0 Å². The van der Waals surface area contributed by atoms with E-state index in [1.54, 1.807) is 12.1 Å². The van der Waals surface area contributed by atoms with Crippen molar-refractivity contribution in [1.29, 1.82) is 0 Å². The third-order valence-electron chi connectivity index (χ3n) is 3.70. The largest absolute Gasteiger partial charge is 0.465 e. The van der Waals surface area contributed by atoms with Gasteiger partial charge in [-0.2, -0.15) is 0 Å². The number of nitrogens with zero attached hydrogens (tertiary/aromatic N) is 2.